The molecule has 0 saturated carbocycles. The van der Waals surface area contributed by atoms with Crippen molar-refractivity contribution in [3.05, 3.63) is 23.9 Å². The van der Waals surface area contributed by atoms with Gasteiger partial charge in [0, 0.05) is 19.3 Å². The van der Waals surface area contributed by atoms with Gasteiger partial charge in [0.15, 0.2) is 0 Å². The fraction of sp³-hybridized carbons (Fsp3) is 0.643. The van der Waals surface area contributed by atoms with Crippen LogP contribution >= 0.6 is 0 Å². The molecule has 0 radical (unpaired) electrons. The van der Waals surface area contributed by atoms with Crippen molar-refractivity contribution >= 4 is 5.82 Å². The Kier molecular flexibility index (Phi) is 6.63. The topological polar surface area (TPSA) is 28.2 Å². The maximum Gasteiger partial charge on any atom is 0.126 e. The minimum atomic E-state index is 0.919. The zero-order valence-corrected chi connectivity index (χ0v) is 11.4. The standard InChI is InChI=1S/C14H25N3/c1-4-6-7-10-17(3)12-13-8-9-16-14(11-13)15-5-2/h8-9,11H,4-7,10,12H2,1-3H3,(H,15,16). The van der Waals surface area contributed by atoms with Crippen molar-refractivity contribution in [3.63, 3.8) is 0 Å². The maximum atomic E-state index is 4.28. The molecule has 0 spiro atoms. The molecule has 0 aliphatic heterocycles. The number of aromatic nitrogens is 1. The molecule has 1 aromatic rings. The van der Waals surface area contributed by atoms with Gasteiger partial charge in [0.25, 0.3) is 0 Å². The minimum Gasteiger partial charge on any atom is -0.370 e. The molecule has 1 aromatic heterocycles. The van der Waals surface area contributed by atoms with Gasteiger partial charge in [-0.1, -0.05) is 19.8 Å². The van der Waals surface area contributed by atoms with Crippen LogP contribution in [-0.2, 0) is 6.54 Å². The van der Waals surface area contributed by atoms with Gasteiger partial charge in [0.2, 0.25) is 0 Å². The van der Waals surface area contributed by atoms with Crippen LogP contribution in [-0.4, -0.2) is 30.0 Å². The normalized spacial score (nSPS) is 10.8. The van der Waals surface area contributed by atoms with Crippen molar-refractivity contribution in [3.8, 4) is 0 Å². The van der Waals surface area contributed by atoms with Gasteiger partial charge in [-0.25, -0.2) is 4.98 Å². The van der Waals surface area contributed by atoms with Gasteiger partial charge in [-0.05, 0) is 44.6 Å². The first-order valence-corrected chi connectivity index (χ1v) is 6.63. The molecule has 17 heavy (non-hydrogen) atoms. The fourth-order valence-electron chi connectivity index (χ4n) is 1.87. The Balaban J connectivity index is 2.41. The summed E-state index contributed by atoms with van der Waals surface area (Å²) < 4.78 is 0. The molecular weight excluding hydrogens is 210 g/mol. The number of pyridine rings is 1. The average Bonchev–Trinajstić information content (AvgIpc) is 2.30. The second-order valence-electron chi connectivity index (χ2n) is 4.52. The van der Waals surface area contributed by atoms with E-state index in [1.54, 1.807) is 0 Å². The Morgan fingerprint density at radius 1 is 1.29 bits per heavy atom. The Hall–Kier alpha value is -1.09. The van der Waals surface area contributed by atoms with E-state index < -0.39 is 0 Å². The zero-order valence-electron chi connectivity index (χ0n) is 11.4. The van der Waals surface area contributed by atoms with E-state index in [2.05, 4.69) is 48.2 Å². The van der Waals surface area contributed by atoms with Crippen LogP contribution in [0, 0.1) is 0 Å². The van der Waals surface area contributed by atoms with Gasteiger partial charge in [-0.2, -0.15) is 0 Å². The van der Waals surface area contributed by atoms with Crippen LogP contribution in [0.3, 0.4) is 0 Å². The molecule has 0 aromatic carbocycles. The number of anilines is 1. The molecular formula is C14H25N3. The van der Waals surface area contributed by atoms with Gasteiger partial charge in [-0.15, -0.1) is 0 Å². The van der Waals surface area contributed by atoms with Crippen molar-refractivity contribution in [2.24, 2.45) is 0 Å². The van der Waals surface area contributed by atoms with Crippen LogP contribution in [0.15, 0.2) is 18.3 Å². The molecule has 0 unspecified atom stereocenters. The Morgan fingerprint density at radius 3 is 2.82 bits per heavy atom. The van der Waals surface area contributed by atoms with E-state index in [4.69, 9.17) is 0 Å². The van der Waals surface area contributed by atoms with Crippen molar-refractivity contribution in [2.45, 2.75) is 39.7 Å². The lowest BCUT2D eigenvalue weighted by Gasteiger charge is -2.16. The van der Waals surface area contributed by atoms with E-state index in [-0.39, 0.29) is 0 Å². The lowest BCUT2D eigenvalue weighted by Crippen LogP contribution is -2.19. The van der Waals surface area contributed by atoms with Gasteiger partial charge in [0.1, 0.15) is 5.82 Å². The molecule has 3 heteroatoms. The molecule has 0 fully saturated rings. The lowest BCUT2D eigenvalue weighted by molar-refractivity contribution is 0.318. The van der Waals surface area contributed by atoms with Crippen LogP contribution in [0.1, 0.15) is 38.7 Å². The quantitative estimate of drug-likeness (QED) is 0.702. The third-order valence-corrected chi connectivity index (χ3v) is 2.78. The maximum absolute atomic E-state index is 4.28. The summed E-state index contributed by atoms with van der Waals surface area (Å²) in [4.78, 5) is 6.66. The van der Waals surface area contributed by atoms with Crippen molar-refractivity contribution < 1.29 is 0 Å². The zero-order chi connectivity index (χ0) is 12.5. The van der Waals surface area contributed by atoms with Crippen LogP contribution < -0.4 is 5.32 Å². The molecule has 0 amide bonds. The summed E-state index contributed by atoms with van der Waals surface area (Å²) in [6.07, 6.45) is 5.78. The largest absolute Gasteiger partial charge is 0.370 e. The summed E-state index contributed by atoms with van der Waals surface area (Å²) >= 11 is 0. The summed E-state index contributed by atoms with van der Waals surface area (Å²) in [6.45, 7) is 7.43. The summed E-state index contributed by atoms with van der Waals surface area (Å²) in [5, 5.41) is 3.24. The van der Waals surface area contributed by atoms with Crippen LogP contribution in [0.2, 0.25) is 0 Å². The highest BCUT2D eigenvalue weighted by molar-refractivity contribution is 5.37. The summed E-state index contributed by atoms with van der Waals surface area (Å²) in [6, 6.07) is 4.23. The highest BCUT2D eigenvalue weighted by Gasteiger charge is 2.01. The van der Waals surface area contributed by atoms with E-state index in [0.29, 0.717) is 0 Å². The first-order chi connectivity index (χ1) is 8.26. The number of rotatable bonds is 8. The fourth-order valence-corrected chi connectivity index (χ4v) is 1.87. The van der Waals surface area contributed by atoms with E-state index in [9.17, 15) is 0 Å². The summed E-state index contributed by atoms with van der Waals surface area (Å²) in [5.74, 6) is 0.979. The highest BCUT2D eigenvalue weighted by atomic mass is 15.1. The molecule has 1 heterocycles. The van der Waals surface area contributed by atoms with Gasteiger partial charge in [0.05, 0.1) is 0 Å². The van der Waals surface area contributed by atoms with Gasteiger partial charge < -0.3 is 10.2 Å². The first kappa shape index (κ1) is 14.0. The smallest absolute Gasteiger partial charge is 0.126 e. The Labute approximate surface area is 105 Å². The number of hydrogen-bond donors (Lipinski definition) is 1. The highest BCUT2D eigenvalue weighted by Crippen LogP contribution is 2.09. The Morgan fingerprint density at radius 2 is 2.12 bits per heavy atom. The molecule has 3 nitrogen and oxygen atoms in total. The second kappa shape index (κ2) is 8.07. The summed E-state index contributed by atoms with van der Waals surface area (Å²) in [7, 11) is 2.18. The number of hydrogen-bond acceptors (Lipinski definition) is 3. The molecule has 0 aliphatic rings. The predicted molar refractivity (Wildman–Crippen MR) is 74.3 cm³/mol. The molecule has 0 aliphatic carbocycles. The van der Waals surface area contributed by atoms with E-state index in [0.717, 1.165) is 18.9 Å². The van der Waals surface area contributed by atoms with Crippen LogP contribution in [0.5, 0.6) is 0 Å². The van der Waals surface area contributed by atoms with Gasteiger partial charge in [-0.3, -0.25) is 0 Å². The monoisotopic (exact) mass is 235 g/mol. The van der Waals surface area contributed by atoms with Crippen molar-refractivity contribution in [1.82, 2.24) is 9.88 Å². The minimum absolute atomic E-state index is 0.919. The number of nitrogens with one attached hydrogen (secondary N) is 1. The molecule has 0 bridgehead atoms. The number of nitrogens with zero attached hydrogens (tertiary/aromatic N) is 2. The van der Waals surface area contributed by atoms with Crippen LogP contribution in [0.25, 0.3) is 0 Å². The third kappa shape index (κ3) is 5.68. The first-order valence-electron chi connectivity index (χ1n) is 6.63. The SMILES string of the molecule is CCCCCN(C)Cc1ccnc(NCC)c1. The molecule has 96 valence electrons. The summed E-state index contributed by atoms with van der Waals surface area (Å²) in [5.41, 5.74) is 1.33. The molecule has 0 atom stereocenters. The van der Waals surface area contributed by atoms with E-state index >= 15 is 0 Å². The molecule has 1 rings (SSSR count). The van der Waals surface area contributed by atoms with Crippen molar-refractivity contribution in [1.29, 1.82) is 0 Å². The van der Waals surface area contributed by atoms with Gasteiger partial charge >= 0.3 is 0 Å². The molecule has 0 saturated heterocycles. The average molecular weight is 235 g/mol. The van der Waals surface area contributed by atoms with Crippen molar-refractivity contribution in [2.75, 3.05) is 25.5 Å². The van der Waals surface area contributed by atoms with E-state index in [1.807, 2.05) is 6.20 Å². The Bertz CT molecular complexity index is 312. The van der Waals surface area contributed by atoms with E-state index in [1.165, 1.54) is 31.4 Å². The second-order valence-corrected chi connectivity index (χ2v) is 4.52. The van der Waals surface area contributed by atoms with Crippen LogP contribution in [0.4, 0.5) is 5.82 Å². The lowest BCUT2D eigenvalue weighted by atomic mass is 10.2. The molecule has 1 N–H and O–H groups in total. The predicted octanol–water partition coefficient (Wildman–Crippen LogP) is 3.14. The third-order valence-electron chi connectivity index (χ3n) is 2.78. The number of unbranched alkanes of at least 4 members (excludes halogenated alkanes) is 2.